The van der Waals surface area contributed by atoms with Crippen molar-refractivity contribution < 1.29 is 19.2 Å². The van der Waals surface area contributed by atoms with Crippen LogP contribution in [0.5, 0.6) is 11.5 Å². The number of allylic oxidation sites excluding steroid dienone is 1. The van der Waals surface area contributed by atoms with Crippen molar-refractivity contribution in [3.05, 3.63) is 87.2 Å². The minimum atomic E-state index is -0.486. The number of nitro groups is 1. The maximum absolute atomic E-state index is 12.5. The fourth-order valence-electron chi connectivity index (χ4n) is 3.08. The summed E-state index contributed by atoms with van der Waals surface area (Å²) in [5.41, 5.74) is 2.61. The molecule has 8 heteroatoms. The topological polar surface area (TPSA) is 96.5 Å². The Morgan fingerprint density at radius 3 is 2.68 bits per heavy atom. The minimum Gasteiger partial charge on any atom is -0.496 e. The highest BCUT2D eigenvalue weighted by molar-refractivity contribution is 6.07. The Labute approximate surface area is 179 Å². The van der Waals surface area contributed by atoms with E-state index in [0.29, 0.717) is 29.1 Å². The molecule has 0 radical (unpaired) electrons. The molecular weight excluding hydrogens is 398 g/mol. The zero-order valence-electron chi connectivity index (χ0n) is 17.6. The van der Waals surface area contributed by atoms with Gasteiger partial charge >= 0.3 is 5.69 Å². The van der Waals surface area contributed by atoms with Crippen LogP contribution in [0.15, 0.2) is 54.7 Å². The highest BCUT2D eigenvalue weighted by Gasteiger charge is 2.15. The van der Waals surface area contributed by atoms with Gasteiger partial charge in [0, 0.05) is 24.4 Å². The number of hydrogen-bond acceptors (Lipinski definition) is 6. The summed E-state index contributed by atoms with van der Waals surface area (Å²) in [5.74, 6) is 0.627. The predicted molar refractivity (Wildman–Crippen MR) is 116 cm³/mol. The van der Waals surface area contributed by atoms with Crippen molar-refractivity contribution in [2.24, 2.45) is 0 Å². The number of ether oxygens (including phenoxy) is 2. The molecule has 2 aromatic carbocycles. The zero-order valence-corrected chi connectivity index (χ0v) is 17.6. The molecular formula is C23H23N3O5. The summed E-state index contributed by atoms with van der Waals surface area (Å²) in [5, 5.41) is 15.5. The van der Waals surface area contributed by atoms with Crippen molar-refractivity contribution in [2.45, 2.75) is 27.0 Å². The van der Waals surface area contributed by atoms with Crippen LogP contribution in [0.2, 0.25) is 0 Å². The summed E-state index contributed by atoms with van der Waals surface area (Å²) in [6, 6.07) is 11.6. The van der Waals surface area contributed by atoms with Crippen molar-refractivity contribution in [1.82, 2.24) is 9.78 Å². The normalized spacial score (nSPS) is 10.9. The number of rotatable bonds is 9. The van der Waals surface area contributed by atoms with E-state index in [0.717, 1.165) is 5.56 Å². The molecule has 0 aliphatic carbocycles. The number of nitrogens with zero attached hydrogens (tertiary/aromatic N) is 3. The number of carbonyl (C=O) groups is 1. The van der Waals surface area contributed by atoms with Gasteiger partial charge in [0.25, 0.3) is 0 Å². The van der Waals surface area contributed by atoms with Gasteiger partial charge in [0.15, 0.2) is 11.5 Å². The molecule has 8 nitrogen and oxygen atoms in total. The van der Waals surface area contributed by atoms with Crippen molar-refractivity contribution >= 4 is 17.5 Å². The fourth-order valence-corrected chi connectivity index (χ4v) is 3.08. The monoisotopic (exact) mass is 421 g/mol. The minimum absolute atomic E-state index is 0.0754. The zero-order chi connectivity index (χ0) is 22.4. The van der Waals surface area contributed by atoms with Crippen LogP contribution in [-0.4, -0.2) is 27.6 Å². The number of aromatic nitrogens is 2. The number of aryl methyl sites for hydroxylation is 2. The standard InChI is InChI=1S/C23H23N3O5/c1-4-25-14-19(16(2)24-25)21(27)11-9-17-10-12-22(30-3)18(13-17)15-31-23-8-6-5-7-20(23)26(28)29/h5-14H,4,15H2,1-3H3/b11-9+. The lowest BCUT2D eigenvalue weighted by atomic mass is 10.1. The Kier molecular flexibility index (Phi) is 6.81. The van der Waals surface area contributed by atoms with Gasteiger partial charge in [-0.1, -0.05) is 24.3 Å². The first-order valence-corrected chi connectivity index (χ1v) is 9.72. The third kappa shape index (κ3) is 5.16. The Morgan fingerprint density at radius 1 is 1.23 bits per heavy atom. The number of hydrogen-bond donors (Lipinski definition) is 0. The molecule has 0 atom stereocenters. The van der Waals surface area contributed by atoms with Crippen LogP contribution in [-0.2, 0) is 13.2 Å². The van der Waals surface area contributed by atoms with Crippen molar-refractivity contribution in [1.29, 1.82) is 0 Å². The summed E-state index contributed by atoms with van der Waals surface area (Å²) < 4.78 is 12.8. The Balaban J connectivity index is 1.79. The second kappa shape index (κ2) is 9.71. The Morgan fingerprint density at radius 2 is 2.00 bits per heavy atom. The summed E-state index contributed by atoms with van der Waals surface area (Å²) in [6.07, 6.45) is 4.94. The fraction of sp³-hybridized carbons (Fsp3) is 0.217. The van der Waals surface area contributed by atoms with Gasteiger partial charge in [0.1, 0.15) is 12.4 Å². The lowest BCUT2D eigenvalue weighted by Crippen LogP contribution is -2.01. The van der Waals surface area contributed by atoms with E-state index in [-0.39, 0.29) is 23.8 Å². The lowest BCUT2D eigenvalue weighted by Gasteiger charge is -2.11. The van der Waals surface area contributed by atoms with E-state index in [2.05, 4.69) is 5.10 Å². The number of benzene rings is 2. The smallest absolute Gasteiger partial charge is 0.310 e. The number of methoxy groups -OCH3 is 1. The quantitative estimate of drug-likeness (QED) is 0.217. The highest BCUT2D eigenvalue weighted by atomic mass is 16.6. The average Bonchev–Trinajstić information content (AvgIpc) is 3.17. The second-order valence-electron chi connectivity index (χ2n) is 6.77. The van der Waals surface area contributed by atoms with Crippen LogP contribution in [0.1, 0.15) is 34.1 Å². The molecule has 0 N–H and O–H groups in total. The van der Waals surface area contributed by atoms with E-state index < -0.39 is 4.92 Å². The molecule has 31 heavy (non-hydrogen) atoms. The number of nitro benzene ring substituents is 1. The molecule has 0 saturated carbocycles. The molecule has 0 aliphatic heterocycles. The third-order valence-electron chi connectivity index (χ3n) is 4.71. The largest absolute Gasteiger partial charge is 0.496 e. The van der Waals surface area contributed by atoms with Gasteiger partial charge in [-0.05, 0) is 43.7 Å². The van der Waals surface area contributed by atoms with Crippen molar-refractivity contribution in [3.8, 4) is 11.5 Å². The number of ketones is 1. The Bertz CT molecular complexity index is 1130. The first-order chi connectivity index (χ1) is 14.9. The highest BCUT2D eigenvalue weighted by Crippen LogP contribution is 2.28. The van der Waals surface area contributed by atoms with Gasteiger partial charge < -0.3 is 9.47 Å². The molecule has 0 bridgehead atoms. The first kappa shape index (κ1) is 21.8. The molecule has 3 aromatic rings. The number of carbonyl (C=O) groups excluding carboxylic acids is 1. The summed E-state index contributed by atoms with van der Waals surface area (Å²) in [6.45, 7) is 4.53. The Hall–Kier alpha value is -3.94. The van der Waals surface area contributed by atoms with Crippen molar-refractivity contribution in [2.75, 3.05) is 7.11 Å². The molecule has 0 fully saturated rings. The van der Waals surface area contributed by atoms with Crippen LogP contribution in [0.25, 0.3) is 6.08 Å². The molecule has 3 rings (SSSR count). The van der Waals surface area contributed by atoms with E-state index in [1.54, 1.807) is 48.1 Å². The number of para-hydroxylation sites is 2. The third-order valence-corrected chi connectivity index (χ3v) is 4.71. The summed E-state index contributed by atoms with van der Waals surface area (Å²) in [4.78, 5) is 23.2. The van der Waals surface area contributed by atoms with Crippen molar-refractivity contribution in [3.63, 3.8) is 0 Å². The molecule has 1 heterocycles. The lowest BCUT2D eigenvalue weighted by molar-refractivity contribution is -0.385. The SMILES string of the molecule is CCn1cc(C(=O)/C=C/c2ccc(OC)c(COc3ccccc3[N+](=O)[O-])c2)c(C)n1. The van der Waals surface area contributed by atoms with E-state index in [1.807, 2.05) is 19.1 Å². The van der Waals surface area contributed by atoms with Gasteiger partial charge in [-0.25, -0.2) is 0 Å². The van der Waals surface area contributed by atoms with Crippen LogP contribution >= 0.6 is 0 Å². The van der Waals surface area contributed by atoms with E-state index in [1.165, 1.54) is 19.3 Å². The maximum Gasteiger partial charge on any atom is 0.310 e. The molecule has 0 amide bonds. The van der Waals surface area contributed by atoms with Gasteiger partial charge in [-0.2, -0.15) is 5.10 Å². The van der Waals surface area contributed by atoms with E-state index in [9.17, 15) is 14.9 Å². The van der Waals surface area contributed by atoms with E-state index in [4.69, 9.17) is 9.47 Å². The van der Waals surface area contributed by atoms with Crippen LogP contribution < -0.4 is 9.47 Å². The molecule has 0 spiro atoms. The molecule has 1 aromatic heterocycles. The molecule has 0 saturated heterocycles. The van der Waals surface area contributed by atoms with Gasteiger partial charge in [-0.3, -0.25) is 19.6 Å². The summed E-state index contributed by atoms with van der Waals surface area (Å²) >= 11 is 0. The maximum atomic E-state index is 12.5. The molecule has 0 unspecified atom stereocenters. The predicted octanol–water partition coefficient (Wildman–Crippen LogP) is 4.60. The average molecular weight is 421 g/mol. The molecule has 0 aliphatic rings. The van der Waals surface area contributed by atoms with Crippen LogP contribution in [0.4, 0.5) is 5.69 Å². The second-order valence-corrected chi connectivity index (χ2v) is 6.77. The summed E-state index contributed by atoms with van der Waals surface area (Å²) in [7, 11) is 1.54. The van der Waals surface area contributed by atoms with Gasteiger partial charge in [-0.15, -0.1) is 0 Å². The van der Waals surface area contributed by atoms with Crippen LogP contribution in [0, 0.1) is 17.0 Å². The van der Waals surface area contributed by atoms with Crippen LogP contribution in [0.3, 0.4) is 0 Å². The molecule has 160 valence electrons. The first-order valence-electron chi connectivity index (χ1n) is 9.72. The van der Waals surface area contributed by atoms with Gasteiger partial charge in [0.05, 0.1) is 23.3 Å². The van der Waals surface area contributed by atoms with E-state index >= 15 is 0 Å². The van der Waals surface area contributed by atoms with Gasteiger partial charge in [0.2, 0.25) is 0 Å².